The van der Waals surface area contributed by atoms with Gasteiger partial charge in [-0.05, 0) is 55.3 Å². The Balaban J connectivity index is 1.35. The maximum atomic E-state index is 11.7. The maximum Gasteiger partial charge on any atom is 0.358 e. The number of oxime groups is 1. The van der Waals surface area contributed by atoms with Crippen LogP contribution in [0, 0.1) is 6.92 Å². The third-order valence-corrected chi connectivity index (χ3v) is 5.28. The predicted octanol–water partition coefficient (Wildman–Crippen LogP) is 5.19. The van der Waals surface area contributed by atoms with Gasteiger partial charge in [0.2, 0.25) is 5.89 Å². The normalized spacial score (nSPS) is 11.3. The van der Waals surface area contributed by atoms with Crippen molar-refractivity contribution in [2.24, 2.45) is 5.16 Å². The Kier molecular flexibility index (Phi) is 7.52. The molecule has 4 rings (SSSR count). The van der Waals surface area contributed by atoms with E-state index in [2.05, 4.69) is 15.1 Å². The number of benzene rings is 2. The van der Waals surface area contributed by atoms with Gasteiger partial charge < -0.3 is 19.1 Å². The second-order valence-corrected chi connectivity index (χ2v) is 7.69. The first-order chi connectivity index (χ1) is 17.0. The van der Waals surface area contributed by atoms with Crippen molar-refractivity contribution in [1.29, 1.82) is 0 Å². The van der Waals surface area contributed by atoms with E-state index in [9.17, 15) is 9.90 Å². The highest BCUT2D eigenvalue weighted by molar-refractivity contribution is 6.42. The van der Waals surface area contributed by atoms with Gasteiger partial charge in [0.15, 0.2) is 5.71 Å². The third kappa shape index (κ3) is 5.92. The standard InChI is InChI=1S/C27H25N3O5/c1-3-23-22(10-7-15-28-23)25(27(31)32)30-34-16-19-11-13-21(14-12-19)33-17-24-18(2)35-26(29-24)20-8-5-4-6-9-20/h4-15H,3,16-17H2,1-2H3,(H,31,32). The number of aryl methyl sites for hydroxylation is 2. The van der Waals surface area contributed by atoms with E-state index in [4.69, 9.17) is 14.0 Å². The van der Waals surface area contributed by atoms with Crippen molar-refractivity contribution in [3.8, 4) is 17.2 Å². The fourth-order valence-corrected chi connectivity index (χ4v) is 3.41. The molecule has 8 heteroatoms. The smallest absolute Gasteiger partial charge is 0.358 e. The van der Waals surface area contributed by atoms with Crippen LogP contribution in [0.15, 0.2) is 82.5 Å². The van der Waals surface area contributed by atoms with Gasteiger partial charge in [-0.15, -0.1) is 0 Å². The Morgan fingerprint density at radius 1 is 1.00 bits per heavy atom. The molecule has 0 unspecified atom stereocenters. The lowest BCUT2D eigenvalue weighted by Crippen LogP contribution is -2.17. The highest BCUT2D eigenvalue weighted by Crippen LogP contribution is 2.23. The molecule has 0 radical (unpaired) electrons. The minimum absolute atomic E-state index is 0.113. The molecular formula is C27H25N3O5. The average molecular weight is 472 g/mol. The van der Waals surface area contributed by atoms with Crippen molar-refractivity contribution < 1.29 is 23.9 Å². The van der Waals surface area contributed by atoms with E-state index >= 15 is 0 Å². The van der Waals surface area contributed by atoms with Crippen LogP contribution in [-0.2, 0) is 29.3 Å². The number of oxazole rings is 1. The van der Waals surface area contributed by atoms with E-state index < -0.39 is 5.97 Å². The van der Waals surface area contributed by atoms with Crippen LogP contribution in [0.2, 0.25) is 0 Å². The van der Waals surface area contributed by atoms with Gasteiger partial charge in [-0.1, -0.05) is 42.4 Å². The largest absolute Gasteiger partial charge is 0.487 e. The highest BCUT2D eigenvalue weighted by atomic mass is 16.6. The van der Waals surface area contributed by atoms with Gasteiger partial charge in [-0.25, -0.2) is 9.78 Å². The summed E-state index contributed by atoms with van der Waals surface area (Å²) in [6, 6.07) is 20.3. The number of carboxylic acid groups (broad SMARTS) is 1. The van der Waals surface area contributed by atoms with Crippen LogP contribution < -0.4 is 4.74 Å². The Bertz CT molecular complexity index is 1310. The molecule has 35 heavy (non-hydrogen) atoms. The number of carboxylic acids is 1. The van der Waals surface area contributed by atoms with Crippen LogP contribution in [0.5, 0.6) is 5.75 Å². The van der Waals surface area contributed by atoms with Crippen molar-refractivity contribution in [1.82, 2.24) is 9.97 Å². The zero-order chi connectivity index (χ0) is 24.6. The summed E-state index contributed by atoms with van der Waals surface area (Å²) in [7, 11) is 0. The van der Waals surface area contributed by atoms with Crippen molar-refractivity contribution >= 4 is 11.7 Å². The second kappa shape index (κ2) is 11.1. The van der Waals surface area contributed by atoms with Crippen LogP contribution in [0.4, 0.5) is 0 Å². The van der Waals surface area contributed by atoms with Crippen LogP contribution in [-0.4, -0.2) is 26.8 Å². The van der Waals surface area contributed by atoms with Gasteiger partial charge in [0.1, 0.15) is 30.4 Å². The summed E-state index contributed by atoms with van der Waals surface area (Å²) in [6.45, 7) is 4.15. The van der Waals surface area contributed by atoms with E-state index in [0.29, 0.717) is 35.1 Å². The van der Waals surface area contributed by atoms with E-state index in [1.54, 1.807) is 18.3 Å². The van der Waals surface area contributed by atoms with Crippen molar-refractivity contribution in [3.05, 3.63) is 101 Å². The molecule has 0 atom stereocenters. The topological polar surface area (TPSA) is 107 Å². The first-order valence-electron chi connectivity index (χ1n) is 11.2. The molecule has 0 aliphatic carbocycles. The summed E-state index contributed by atoms with van der Waals surface area (Å²) in [5.41, 5.74) is 3.38. The van der Waals surface area contributed by atoms with Gasteiger partial charge in [-0.2, -0.15) is 0 Å². The summed E-state index contributed by atoms with van der Waals surface area (Å²) >= 11 is 0. The lowest BCUT2D eigenvalue weighted by Gasteiger charge is -2.08. The Morgan fingerprint density at radius 2 is 1.77 bits per heavy atom. The lowest BCUT2D eigenvalue weighted by molar-refractivity contribution is -0.129. The zero-order valence-corrected chi connectivity index (χ0v) is 19.5. The molecule has 4 aromatic rings. The summed E-state index contributed by atoms with van der Waals surface area (Å²) in [5, 5.41) is 13.4. The first-order valence-corrected chi connectivity index (χ1v) is 11.2. The number of carbonyl (C=O) groups is 1. The molecule has 0 saturated heterocycles. The number of aliphatic carboxylic acids is 1. The summed E-state index contributed by atoms with van der Waals surface area (Å²) < 4.78 is 11.6. The number of ether oxygens (including phenoxy) is 1. The van der Waals surface area contributed by atoms with Gasteiger partial charge in [0.05, 0.1) is 0 Å². The van der Waals surface area contributed by atoms with E-state index in [-0.39, 0.29) is 18.9 Å². The molecule has 0 aliphatic rings. The number of nitrogens with zero attached hydrogens (tertiary/aromatic N) is 3. The molecule has 0 fully saturated rings. The summed E-state index contributed by atoms with van der Waals surface area (Å²) in [6.07, 6.45) is 2.21. The van der Waals surface area contributed by atoms with E-state index in [1.807, 2.05) is 68.4 Å². The molecule has 8 nitrogen and oxygen atoms in total. The first kappa shape index (κ1) is 23.7. The Morgan fingerprint density at radius 3 is 2.49 bits per heavy atom. The van der Waals surface area contributed by atoms with Crippen molar-refractivity contribution in [2.75, 3.05) is 0 Å². The molecule has 2 aromatic carbocycles. The van der Waals surface area contributed by atoms with Crippen LogP contribution in [0.25, 0.3) is 11.5 Å². The van der Waals surface area contributed by atoms with Crippen molar-refractivity contribution in [3.63, 3.8) is 0 Å². The Hall–Kier alpha value is -4.46. The highest BCUT2D eigenvalue weighted by Gasteiger charge is 2.17. The monoisotopic (exact) mass is 471 g/mol. The fraction of sp³-hybridized carbons (Fsp3) is 0.185. The van der Waals surface area contributed by atoms with Crippen molar-refractivity contribution in [2.45, 2.75) is 33.5 Å². The summed E-state index contributed by atoms with van der Waals surface area (Å²) in [5.74, 6) is 0.763. The molecule has 178 valence electrons. The third-order valence-electron chi connectivity index (χ3n) is 5.28. The van der Waals surface area contributed by atoms with Gasteiger partial charge >= 0.3 is 5.97 Å². The fourth-order valence-electron chi connectivity index (χ4n) is 3.41. The number of rotatable bonds is 10. The number of hydrogen-bond acceptors (Lipinski definition) is 7. The molecule has 0 aliphatic heterocycles. The van der Waals surface area contributed by atoms with Gasteiger partial charge in [-0.3, -0.25) is 4.98 Å². The van der Waals surface area contributed by atoms with Crippen LogP contribution >= 0.6 is 0 Å². The molecule has 0 amide bonds. The number of aromatic nitrogens is 2. The van der Waals surface area contributed by atoms with Gasteiger partial charge in [0, 0.05) is 23.0 Å². The van der Waals surface area contributed by atoms with E-state index in [0.717, 1.165) is 16.8 Å². The quantitative estimate of drug-likeness (QED) is 0.250. The second-order valence-electron chi connectivity index (χ2n) is 7.69. The molecule has 0 spiro atoms. The molecular weight excluding hydrogens is 446 g/mol. The predicted molar refractivity (Wildman–Crippen MR) is 130 cm³/mol. The maximum absolute atomic E-state index is 11.7. The Labute approximate surface area is 202 Å². The van der Waals surface area contributed by atoms with Crippen LogP contribution in [0.3, 0.4) is 0 Å². The van der Waals surface area contributed by atoms with Crippen LogP contribution in [0.1, 0.15) is 35.2 Å². The number of hydrogen-bond donors (Lipinski definition) is 1. The molecule has 1 N–H and O–H groups in total. The van der Waals surface area contributed by atoms with Gasteiger partial charge in [0.25, 0.3) is 0 Å². The number of pyridine rings is 1. The minimum Gasteiger partial charge on any atom is -0.487 e. The molecule has 2 heterocycles. The SMILES string of the molecule is CCc1ncccc1C(=NOCc1ccc(OCc2nc(-c3ccccc3)oc2C)cc1)C(=O)O. The summed E-state index contributed by atoms with van der Waals surface area (Å²) in [4.78, 5) is 25.8. The minimum atomic E-state index is -1.17. The molecule has 0 bridgehead atoms. The average Bonchev–Trinajstić information content (AvgIpc) is 3.27. The zero-order valence-electron chi connectivity index (χ0n) is 19.5. The molecule has 2 aromatic heterocycles. The lowest BCUT2D eigenvalue weighted by atomic mass is 10.1. The van der Waals surface area contributed by atoms with E-state index in [1.165, 1.54) is 0 Å². The molecule has 0 saturated carbocycles.